The summed E-state index contributed by atoms with van der Waals surface area (Å²) in [5.74, 6) is 0.954. The molecule has 1 aromatic heterocycles. The Kier molecular flexibility index (Phi) is 15.6. The lowest BCUT2D eigenvalue weighted by atomic mass is 10.2. The standard InChI is InChI=1S/C20H35N5O2S2/c1-21-13-15-25(2)16-14-23-18(26)8-4-3-6-11-22-19(27)10-17-28-29-20-9-5-7-12-24-20/h5,7,9,12,21H,3-4,6,8,10-11,13-17H2,1-2H3,(H,22,27)(H,23,26). The molecule has 3 N–H and O–H groups in total. The Morgan fingerprint density at radius 3 is 2.52 bits per heavy atom. The van der Waals surface area contributed by atoms with Crippen LogP contribution in [0.5, 0.6) is 0 Å². The van der Waals surface area contributed by atoms with Crippen molar-refractivity contribution in [3.8, 4) is 0 Å². The van der Waals surface area contributed by atoms with Crippen LogP contribution in [0.1, 0.15) is 32.1 Å². The van der Waals surface area contributed by atoms with Crippen molar-refractivity contribution in [2.45, 2.75) is 37.1 Å². The molecule has 0 aliphatic carbocycles. The quantitative estimate of drug-likeness (QED) is 0.252. The molecule has 2 amide bonds. The van der Waals surface area contributed by atoms with Crippen molar-refractivity contribution in [1.82, 2.24) is 25.8 Å². The van der Waals surface area contributed by atoms with Gasteiger partial charge in [0.1, 0.15) is 5.03 Å². The molecule has 0 aromatic carbocycles. The van der Waals surface area contributed by atoms with Gasteiger partial charge in [0.25, 0.3) is 0 Å². The predicted molar refractivity (Wildman–Crippen MR) is 123 cm³/mol. The zero-order valence-corrected chi connectivity index (χ0v) is 19.2. The molecule has 1 heterocycles. The number of hydrogen-bond donors (Lipinski definition) is 3. The predicted octanol–water partition coefficient (Wildman–Crippen LogP) is 2.16. The fraction of sp³-hybridized carbons (Fsp3) is 0.650. The lowest BCUT2D eigenvalue weighted by Crippen LogP contribution is -2.35. The lowest BCUT2D eigenvalue weighted by molar-refractivity contribution is -0.122. The monoisotopic (exact) mass is 441 g/mol. The summed E-state index contributed by atoms with van der Waals surface area (Å²) in [6.45, 7) is 4.14. The van der Waals surface area contributed by atoms with Gasteiger partial charge in [-0.15, -0.1) is 0 Å². The second-order valence-corrected chi connectivity index (χ2v) is 9.18. The smallest absolute Gasteiger partial charge is 0.220 e. The van der Waals surface area contributed by atoms with Crippen molar-refractivity contribution < 1.29 is 9.59 Å². The van der Waals surface area contributed by atoms with E-state index < -0.39 is 0 Å². The van der Waals surface area contributed by atoms with E-state index in [0.717, 1.165) is 49.7 Å². The maximum Gasteiger partial charge on any atom is 0.220 e. The van der Waals surface area contributed by atoms with Gasteiger partial charge in [0.05, 0.1) is 0 Å². The fourth-order valence-corrected chi connectivity index (χ4v) is 4.29. The zero-order chi connectivity index (χ0) is 21.2. The van der Waals surface area contributed by atoms with E-state index in [1.54, 1.807) is 27.8 Å². The van der Waals surface area contributed by atoms with E-state index in [4.69, 9.17) is 0 Å². The summed E-state index contributed by atoms with van der Waals surface area (Å²) in [5, 5.41) is 9.97. The van der Waals surface area contributed by atoms with Crippen molar-refractivity contribution in [3.63, 3.8) is 0 Å². The Morgan fingerprint density at radius 2 is 1.76 bits per heavy atom. The number of pyridine rings is 1. The largest absolute Gasteiger partial charge is 0.356 e. The number of carbonyl (C=O) groups excluding carboxylic acids is 2. The SMILES string of the molecule is CNCCN(C)CCNC(=O)CCCCCNC(=O)CCSSc1ccccn1. The van der Waals surface area contributed by atoms with Gasteiger partial charge >= 0.3 is 0 Å². The van der Waals surface area contributed by atoms with E-state index in [1.807, 2.05) is 25.2 Å². The first-order valence-corrected chi connectivity index (χ1v) is 12.5. The minimum Gasteiger partial charge on any atom is -0.356 e. The maximum atomic E-state index is 11.8. The maximum absolute atomic E-state index is 11.8. The molecular formula is C20H35N5O2S2. The van der Waals surface area contributed by atoms with Gasteiger partial charge in [0.2, 0.25) is 11.8 Å². The van der Waals surface area contributed by atoms with Gasteiger partial charge in [-0.25, -0.2) is 4.98 Å². The van der Waals surface area contributed by atoms with Crippen LogP contribution in [0.4, 0.5) is 0 Å². The molecule has 0 aliphatic rings. The van der Waals surface area contributed by atoms with Gasteiger partial charge in [0.15, 0.2) is 0 Å². The lowest BCUT2D eigenvalue weighted by Gasteiger charge is -2.16. The van der Waals surface area contributed by atoms with E-state index in [-0.39, 0.29) is 11.8 Å². The second-order valence-electron chi connectivity index (χ2n) is 6.74. The molecule has 0 bridgehead atoms. The number of aromatic nitrogens is 1. The third kappa shape index (κ3) is 15.2. The Hall–Kier alpha value is -1.29. The molecule has 0 unspecified atom stereocenters. The molecule has 0 spiro atoms. The van der Waals surface area contributed by atoms with Crippen molar-refractivity contribution in [1.29, 1.82) is 0 Å². The van der Waals surface area contributed by atoms with Gasteiger partial charge in [-0.05, 0) is 49.9 Å². The van der Waals surface area contributed by atoms with Crippen LogP contribution in [-0.2, 0) is 9.59 Å². The van der Waals surface area contributed by atoms with Crippen LogP contribution in [0.3, 0.4) is 0 Å². The van der Waals surface area contributed by atoms with Gasteiger partial charge in [0, 0.05) is 57.5 Å². The van der Waals surface area contributed by atoms with Gasteiger partial charge in [-0.3, -0.25) is 9.59 Å². The average molecular weight is 442 g/mol. The Morgan fingerprint density at radius 1 is 1.00 bits per heavy atom. The highest BCUT2D eigenvalue weighted by molar-refractivity contribution is 8.76. The number of rotatable bonds is 17. The van der Waals surface area contributed by atoms with Crippen molar-refractivity contribution in [2.24, 2.45) is 0 Å². The molecule has 0 aliphatic heterocycles. The number of carbonyl (C=O) groups is 2. The van der Waals surface area contributed by atoms with Gasteiger partial charge in [-0.2, -0.15) is 0 Å². The number of unbranched alkanes of at least 4 members (excludes halogenated alkanes) is 2. The summed E-state index contributed by atoms with van der Waals surface area (Å²) < 4.78 is 0. The molecule has 9 heteroatoms. The summed E-state index contributed by atoms with van der Waals surface area (Å²) in [5.41, 5.74) is 0. The first-order chi connectivity index (χ1) is 14.1. The number of hydrogen-bond acceptors (Lipinski definition) is 7. The Bertz CT molecular complexity index is 563. The minimum atomic E-state index is 0.0826. The number of amides is 2. The highest BCUT2D eigenvalue weighted by Crippen LogP contribution is 2.29. The minimum absolute atomic E-state index is 0.0826. The highest BCUT2D eigenvalue weighted by atomic mass is 33.1. The number of nitrogens with zero attached hydrogens (tertiary/aromatic N) is 2. The van der Waals surface area contributed by atoms with E-state index in [0.29, 0.717) is 25.9 Å². The first-order valence-electron chi connectivity index (χ1n) is 10.2. The van der Waals surface area contributed by atoms with Crippen LogP contribution in [-0.4, -0.2) is 74.3 Å². The molecule has 0 radical (unpaired) electrons. The van der Waals surface area contributed by atoms with Crippen LogP contribution in [0.15, 0.2) is 29.4 Å². The van der Waals surface area contributed by atoms with E-state index >= 15 is 0 Å². The van der Waals surface area contributed by atoms with Crippen molar-refractivity contribution in [3.05, 3.63) is 24.4 Å². The van der Waals surface area contributed by atoms with Gasteiger partial charge in [-0.1, -0.05) is 23.3 Å². The Balaban J connectivity index is 1.89. The molecule has 0 fully saturated rings. The number of likely N-dealkylation sites (N-methyl/N-ethyl adjacent to an activating group) is 2. The van der Waals surface area contributed by atoms with E-state index in [9.17, 15) is 9.59 Å². The molecule has 29 heavy (non-hydrogen) atoms. The summed E-state index contributed by atoms with van der Waals surface area (Å²) in [7, 11) is 7.22. The second kappa shape index (κ2) is 17.6. The highest BCUT2D eigenvalue weighted by Gasteiger charge is 2.04. The zero-order valence-electron chi connectivity index (χ0n) is 17.6. The summed E-state index contributed by atoms with van der Waals surface area (Å²) in [6.07, 6.45) is 5.53. The molecule has 7 nitrogen and oxygen atoms in total. The topological polar surface area (TPSA) is 86.4 Å². The van der Waals surface area contributed by atoms with Crippen LogP contribution >= 0.6 is 21.6 Å². The molecular weight excluding hydrogens is 406 g/mol. The molecule has 0 saturated heterocycles. The third-order valence-electron chi connectivity index (χ3n) is 4.16. The summed E-state index contributed by atoms with van der Waals surface area (Å²) >= 11 is 0. The fourth-order valence-electron chi connectivity index (χ4n) is 2.43. The summed E-state index contributed by atoms with van der Waals surface area (Å²) in [6, 6.07) is 5.81. The van der Waals surface area contributed by atoms with Crippen LogP contribution in [0.2, 0.25) is 0 Å². The number of nitrogens with one attached hydrogen (secondary N) is 3. The third-order valence-corrected chi connectivity index (χ3v) is 6.42. The molecule has 0 saturated carbocycles. The van der Waals surface area contributed by atoms with E-state index in [2.05, 4.69) is 32.9 Å². The average Bonchev–Trinajstić information content (AvgIpc) is 2.73. The molecule has 1 aromatic rings. The summed E-state index contributed by atoms with van der Waals surface area (Å²) in [4.78, 5) is 30.0. The van der Waals surface area contributed by atoms with Crippen LogP contribution in [0.25, 0.3) is 0 Å². The van der Waals surface area contributed by atoms with Crippen molar-refractivity contribution >= 4 is 33.4 Å². The molecule has 1 rings (SSSR count). The van der Waals surface area contributed by atoms with Crippen LogP contribution in [0, 0.1) is 0 Å². The first kappa shape index (κ1) is 25.7. The van der Waals surface area contributed by atoms with Crippen LogP contribution < -0.4 is 16.0 Å². The van der Waals surface area contributed by atoms with Crippen molar-refractivity contribution in [2.75, 3.05) is 52.6 Å². The van der Waals surface area contributed by atoms with Gasteiger partial charge < -0.3 is 20.9 Å². The normalized spacial score (nSPS) is 10.9. The molecule has 0 atom stereocenters. The Labute approximate surface area is 183 Å². The van der Waals surface area contributed by atoms with E-state index in [1.165, 1.54) is 0 Å². The molecule has 164 valence electrons.